The molecule has 144 valence electrons. The van der Waals surface area contributed by atoms with E-state index in [1.807, 2.05) is 11.8 Å². The molecule has 2 aliphatic heterocycles. The van der Waals surface area contributed by atoms with E-state index in [1.54, 1.807) is 0 Å². The Labute approximate surface area is 158 Å². The summed E-state index contributed by atoms with van der Waals surface area (Å²) in [4.78, 5) is 26.7. The fourth-order valence-corrected chi connectivity index (χ4v) is 4.47. The molecule has 5 heteroatoms. The third-order valence-electron chi connectivity index (χ3n) is 5.39. The molecule has 1 atom stereocenters. The predicted molar refractivity (Wildman–Crippen MR) is 105 cm³/mol. The average molecular weight is 359 g/mol. The van der Waals surface area contributed by atoms with E-state index in [0.717, 1.165) is 49.8 Å². The Hall–Kier alpha value is -1.65. The zero-order chi connectivity index (χ0) is 18.9. The van der Waals surface area contributed by atoms with Gasteiger partial charge in [0.2, 0.25) is 5.91 Å². The van der Waals surface area contributed by atoms with Gasteiger partial charge in [0.1, 0.15) is 11.6 Å². The standard InChI is InChI=1S/C21H34N4O/c1-15(13-21(3,4)5)12-19(26)25-11-8-18-17(14-25)20(23-16(2)22-18)24-9-6-7-10-24/h15H,6-14H2,1-5H3/t15-/m0/s1. The molecule has 0 unspecified atom stereocenters. The van der Waals surface area contributed by atoms with Gasteiger partial charge >= 0.3 is 0 Å². The van der Waals surface area contributed by atoms with Crippen molar-refractivity contribution in [1.29, 1.82) is 0 Å². The highest BCUT2D eigenvalue weighted by atomic mass is 16.2. The number of carbonyl (C=O) groups excluding carboxylic acids is 1. The number of hydrogen-bond donors (Lipinski definition) is 0. The van der Waals surface area contributed by atoms with Gasteiger partial charge in [0.15, 0.2) is 0 Å². The van der Waals surface area contributed by atoms with E-state index in [4.69, 9.17) is 4.98 Å². The van der Waals surface area contributed by atoms with Crippen molar-refractivity contribution in [3.8, 4) is 0 Å². The SMILES string of the molecule is Cc1nc2c(c(N3CCCC3)n1)CN(C(=O)C[C@H](C)CC(C)(C)C)CC2. The summed E-state index contributed by atoms with van der Waals surface area (Å²) in [5, 5.41) is 0. The number of hydrogen-bond acceptors (Lipinski definition) is 4. The second-order valence-electron chi connectivity index (χ2n) is 9.35. The number of carbonyl (C=O) groups is 1. The van der Waals surface area contributed by atoms with Crippen LogP contribution in [-0.4, -0.2) is 40.4 Å². The summed E-state index contributed by atoms with van der Waals surface area (Å²) in [6.07, 6.45) is 5.01. The van der Waals surface area contributed by atoms with Gasteiger partial charge in [-0.25, -0.2) is 9.97 Å². The minimum absolute atomic E-state index is 0.266. The topological polar surface area (TPSA) is 49.3 Å². The van der Waals surface area contributed by atoms with Crippen molar-refractivity contribution in [2.24, 2.45) is 11.3 Å². The molecule has 0 N–H and O–H groups in total. The van der Waals surface area contributed by atoms with E-state index in [0.29, 0.717) is 18.9 Å². The first-order chi connectivity index (χ1) is 12.2. The molecule has 26 heavy (non-hydrogen) atoms. The molecule has 0 saturated carbocycles. The lowest BCUT2D eigenvalue weighted by atomic mass is 9.84. The number of fused-ring (bicyclic) bond motifs is 1. The molecule has 0 bridgehead atoms. The van der Waals surface area contributed by atoms with Crippen LogP contribution in [0.4, 0.5) is 5.82 Å². The summed E-state index contributed by atoms with van der Waals surface area (Å²) in [5.41, 5.74) is 2.59. The first-order valence-electron chi connectivity index (χ1n) is 10.1. The summed E-state index contributed by atoms with van der Waals surface area (Å²) < 4.78 is 0. The molecule has 0 aromatic carbocycles. The van der Waals surface area contributed by atoms with Crippen LogP contribution < -0.4 is 4.90 Å². The number of aromatic nitrogens is 2. The maximum absolute atomic E-state index is 12.9. The van der Waals surface area contributed by atoms with Crippen LogP contribution in [0.3, 0.4) is 0 Å². The number of rotatable bonds is 4. The number of anilines is 1. The Bertz CT molecular complexity index is 659. The Morgan fingerprint density at radius 1 is 1.15 bits per heavy atom. The van der Waals surface area contributed by atoms with E-state index >= 15 is 0 Å². The van der Waals surface area contributed by atoms with E-state index in [9.17, 15) is 4.79 Å². The number of aryl methyl sites for hydroxylation is 1. The van der Waals surface area contributed by atoms with Gasteiger partial charge in [-0.3, -0.25) is 4.79 Å². The summed E-state index contributed by atoms with van der Waals surface area (Å²) in [6, 6.07) is 0. The molecule has 0 aliphatic carbocycles. The molecule has 3 heterocycles. The number of nitrogens with zero attached hydrogens (tertiary/aromatic N) is 4. The van der Waals surface area contributed by atoms with Gasteiger partial charge in [0.05, 0.1) is 12.2 Å². The molecule has 3 rings (SSSR count). The second-order valence-corrected chi connectivity index (χ2v) is 9.35. The van der Waals surface area contributed by atoms with Crippen molar-refractivity contribution in [3.05, 3.63) is 17.1 Å². The third-order valence-corrected chi connectivity index (χ3v) is 5.39. The normalized spacial score (nSPS) is 18.8. The highest BCUT2D eigenvalue weighted by Gasteiger charge is 2.29. The van der Waals surface area contributed by atoms with Gasteiger partial charge in [0.25, 0.3) is 0 Å². The molecule has 1 aromatic heterocycles. The predicted octanol–water partition coefficient (Wildman–Crippen LogP) is 3.73. The first-order valence-corrected chi connectivity index (χ1v) is 10.1. The molecule has 1 fully saturated rings. The van der Waals surface area contributed by atoms with Gasteiger partial charge in [-0.05, 0) is 37.5 Å². The molecule has 5 nitrogen and oxygen atoms in total. The van der Waals surface area contributed by atoms with Crippen molar-refractivity contribution >= 4 is 11.7 Å². The van der Waals surface area contributed by atoms with Crippen LogP contribution in [0.25, 0.3) is 0 Å². The largest absolute Gasteiger partial charge is 0.356 e. The van der Waals surface area contributed by atoms with Gasteiger partial charge < -0.3 is 9.80 Å². The summed E-state index contributed by atoms with van der Waals surface area (Å²) in [5.74, 6) is 2.62. The second kappa shape index (κ2) is 7.53. The summed E-state index contributed by atoms with van der Waals surface area (Å²) in [6.45, 7) is 14.5. The minimum Gasteiger partial charge on any atom is -0.356 e. The van der Waals surface area contributed by atoms with Gasteiger partial charge in [0, 0.05) is 38.0 Å². The lowest BCUT2D eigenvalue weighted by Crippen LogP contribution is -2.38. The highest BCUT2D eigenvalue weighted by molar-refractivity contribution is 5.77. The zero-order valence-corrected chi connectivity index (χ0v) is 17.1. The average Bonchev–Trinajstić information content (AvgIpc) is 3.05. The molecule has 0 spiro atoms. The quantitative estimate of drug-likeness (QED) is 0.823. The fourth-order valence-electron chi connectivity index (χ4n) is 4.47. The van der Waals surface area contributed by atoms with Crippen LogP contribution in [0.5, 0.6) is 0 Å². The van der Waals surface area contributed by atoms with Crippen molar-refractivity contribution in [3.63, 3.8) is 0 Å². The lowest BCUT2D eigenvalue weighted by molar-refractivity contribution is -0.133. The van der Waals surface area contributed by atoms with Gasteiger partial charge in [-0.2, -0.15) is 0 Å². The van der Waals surface area contributed by atoms with E-state index in [1.165, 1.54) is 18.4 Å². The van der Waals surface area contributed by atoms with Crippen molar-refractivity contribution in [2.45, 2.75) is 73.3 Å². The Morgan fingerprint density at radius 3 is 2.50 bits per heavy atom. The van der Waals surface area contributed by atoms with Crippen LogP contribution >= 0.6 is 0 Å². The fraction of sp³-hybridized carbons (Fsp3) is 0.762. The zero-order valence-electron chi connectivity index (χ0n) is 17.1. The molecule has 1 aromatic rings. The molecular weight excluding hydrogens is 324 g/mol. The Kier molecular flexibility index (Phi) is 5.54. The van der Waals surface area contributed by atoms with Crippen molar-refractivity contribution in [2.75, 3.05) is 24.5 Å². The van der Waals surface area contributed by atoms with Crippen molar-refractivity contribution in [1.82, 2.24) is 14.9 Å². The smallest absolute Gasteiger partial charge is 0.223 e. The van der Waals surface area contributed by atoms with Crippen molar-refractivity contribution < 1.29 is 4.79 Å². The molecule has 1 saturated heterocycles. The highest BCUT2D eigenvalue weighted by Crippen LogP contribution is 2.30. The molecular formula is C21H34N4O. The van der Waals surface area contributed by atoms with Crippen LogP contribution in [0.2, 0.25) is 0 Å². The van der Waals surface area contributed by atoms with Crippen LogP contribution in [0.1, 0.15) is 70.5 Å². The number of amides is 1. The molecule has 1 amide bonds. The maximum Gasteiger partial charge on any atom is 0.223 e. The lowest BCUT2D eigenvalue weighted by Gasteiger charge is -2.32. The van der Waals surface area contributed by atoms with Crippen LogP contribution in [-0.2, 0) is 17.8 Å². The van der Waals surface area contributed by atoms with E-state index < -0.39 is 0 Å². The Morgan fingerprint density at radius 2 is 1.85 bits per heavy atom. The third kappa shape index (κ3) is 4.54. The van der Waals surface area contributed by atoms with Crippen LogP contribution in [0, 0.1) is 18.3 Å². The first kappa shape index (κ1) is 19.1. The van der Waals surface area contributed by atoms with E-state index in [-0.39, 0.29) is 11.3 Å². The van der Waals surface area contributed by atoms with Crippen LogP contribution in [0.15, 0.2) is 0 Å². The monoisotopic (exact) mass is 358 g/mol. The van der Waals surface area contributed by atoms with Gasteiger partial charge in [-0.1, -0.05) is 27.7 Å². The summed E-state index contributed by atoms with van der Waals surface area (Å²) in [7, 11) is 0. The molecule has 2 aliphatic rings. The summed E-state index contributed by atoms with van der Waals surface area (Å²) >= 11 is 0. The Balaban J connectivity index is 1.73. The minimum atomic E-state index is 0.266. The maximum atomic E-state index is 12.9. The van der Waals surface area contributed by atoms with E-state index in [2.05, 4.69) is 37.6 Å². The molecule has 0 radical (unpaired) electrons. The van der Waals surface area contributed by atoms with Gasteiger partial charge in [-0.15, -0.1) is 0 Å².